The molecule has 5 nitrogen and oxygen atoms in total. The number of hydrogen-bond acceptors (Lipinski definition) is 4. The Bertz CT molecular complexity index is 310. The van der Waals surface area contributed by atoms with Crippen molar-refractivity contribution < 1.29 is 14.8 Å². The van der Waals surface area contributed by atoms with Gasteiger partial charge in [0.15, 0.2) is 0 Å². The zero-order valence-electron chi connectivity index (χ0n) is 6.45. The monoisotopic (exact) mass is 201 g/mol. The van der Waals surface area contributed by atoms with E-state index in [0.29, 0.717) is 4.91 Å². The summed E-state index contributed by atoms with van der Waals surface area (Å²) in [5, 5.41) is 19.1. The fourth-order valence-electron chi connectivity index (χ4n) is 1.07. The first-order valence-corrected chi connectivity index (χ1v) is 3.92. The molecule has 0 spiro atoms. The van der Waals surface area contributed by atoms with Gasteiger partial charge < -0.3 is 5.11 Å². The second-order valence-electron chi connectivity index (χ2n) is 2.59. The van der Waals surface area contributed by atoms with Gasteiger partial charge in [-0.3, -0.25) is 14.9 Å². The van der Waals surface area contributed by atoms with E-state index >= 15 is 0 Å². The van der Waals surface area contributed by atoms with Crippen molar-refractivity contribution in [1.82, 2.24) is 0 Å². The van der Waals surface area contributed by atoms with Crippen LogP contribution in [0.5, 0.6) is 0 Å². The van der Waals surface area contributed by atoms with Gasteiger partial charge in [-0.25, -0.2) is 0 Å². The van der Waals surface area contributed by atoms with E-state index in [2.05, 4.69) is 12.6 Å². The van der Waals surface area contributed by atoms with Gasteiger partial charge in [0, 0.05) is 9.83 Å². The average Bonchev–Trinajstić information content (AvgIpc) is 2.03. The lowest BCUT2D eigenvalue weighted by molar-refractivity contribution is -0.514. The molecule has 0 saturated carbocycles. The van der Waals surface area contributed by atoms with Crippen molar-refractivity contribution in [2.75, 3.05) is 0 Å². The number of nitrogens with zero attached hydrogens (tertiary/aromatic N) is 1. The molecule has 0 bridgehead atoms. The molecule has 2 unspecified atom stereocenters. The maximum atomic E-state index is 10.6. The molecule has 0 aromatic rings. The molecule has 0 aromatic carbocycles. The van der Waals surface area contributed by atoms with E-state index in [4.69, 9.17) is 5.11 Å². The van der Waals surface area contributed by atoms with Crippen LogP contribution < -0.4 is 0 Å². The van der Waals surface area contributed by atoms with Gasteiger partial charge in [-0.15, -0.1) is 12.6 Å². The summed E-state index contributed by atoms with van der Waals surface area (Å²) in [4.78, 5) is 20.8. The molecule has 0 radical (unpaired) electrons. The summed E-state index contributed by atoms with van der Waals surface area (Å²) in [5.74, 6) is -2.33. The molecule has 1 N–H and O–H groups in total. The largest absolute Gasteiger partial charge is 0.481 e. The molecule has 6 heteroatoms. The fourth-order valence-corrected chi connectivity index (χ4v) is 1.32. The minimum Gasteiger partial charge on any atom is -0.481 e. The van der Waals surface area contributed by atoms with Crippen molar-refractivity contribution in [3.63, 3.8) is 0 Å². The summed E-state index contributed by atoms with van der Waals surface area (Å²) in [6.45, 7) is 0. The third-order valence-electron chi connectivity index (χ3n) is 1.71. The van der Waals surface area contributed by atoms with Crippen LogP contribution in [0.15, 0.2) is 23.1 Å². The van der Waals surface area contributed by atoms with Gasteiger partial charge in [0.05, 0.1) is 0 Å². The highest BCUT2D eigenvalue weighted by molar-refractivity contribution is 7.84. The maximum Gasteiger partial charge on any atom is 0.317 e. The predicted octanol–water partition coefficient (Wildman–Crippen LogP) is 0.716. The Balaban J connectivity index is 2.94. The molecule has 2 atom stereocenters. The Kier molecular flexibility index (Phi) is 2.72. The van der Waals surface area contributed by atoms with Crippen molar-refractivity contribution in [1.29, 1.82) is 0 Å². The van der Waals surface area contributed by atoms with Crippen LogP contribution in [0.1, 0.15) is 0 Å². The third kappa shape index (κ3) is 2.09. The number of nitro groups is 1. The number of aliphatic carboxylic acids is 1. The van der Waals surface area contributed by atoms with Gasteiger partial charge in [0.1, 0.15) is 5.92 Å². The lowest BCUT2D eigenvalue weighted by Crippen LogP contribution is -2.33. The van der Waals surface area contributed by atoms with E-state index in [1.165, 1.54) is 18.2 Å². The van der Waals surface area contributed by atoms with Crippen molar-refractivity contribution in [3.05, 3.63) is 33.2 Å². The summed E-state index contributed by atoms with van der Waals surface area (Å²) >= 11 is 3.91. The Hall–Kier alpha value is -1.30. The highest BCUT2D eigenvalue weighted by Gasteiger charge is 2.35. The van der Waals surface area contributed by atoms with Gasteiger partial charge in [0.2, 0.25) is 6.04 Å². The van der Waals surface area contributed by atoms with Crippen LogP contribution in [0, 0.1) is 16.0 Å². The Labute approximate surface area is 79.3 Å². The number of carboxylic acids is 1. The highest BCUT2D eigenvalue weighted by Crippen LogP contribution is 2.21. The summed E-state index contributed by atoms with van der Waals surface area (Å²) in [7, 11) is 0. The van der Waals surface area contributed by atoms with Crippen LogP contribution in [0.2, 0.25) is 0 Å². The first-order chi connectivity index (χ1) is 6.02. The molecule has 0 saturated heterocycles. The molecule has 1 aliphatic carbocycles. The molecule has 0 amide bonds. The topological polar surface area (TPSA) is 80.4 Å². The normalized spacial score (nSPS) is 26.7. The summed E-state index contributed by atoms with van der Waals surface area (Å²) in [6, 6.07) is -1.19. The van der Waals surface area contributed by atoms with Crippen LogP contribution in [-0.4, -0.2) is 22.0 Å². The molecular formula is C7H7NO4S. The van der Waals surface area contributed by atoms with E-state index in [-0.39, 0.29) is 0 Å². The zero-order valence-corrected chi connectivity index (χ0v) is 7.35. The minimum absolute atomic E-state index is 0.436. The molecule has 0 fully saturated rings. The zero-order chi connectivity index (χ0) is 10.0. The lowest BCUT2D eigenvalue weighted by Gasteiger charge is -2.14. The smallest absolute Gasteiger partial charge is 0.317 e. The van der Waals surface area contributed by atoms with Crippen LogP contribution in [0.25, 0.3) is 0 Å². The Morgan fingerprint density at radius 3 is 2.77 bits per heavy atom. The Morgan fingerprint density at radius 2 is 2.31 bits per heavy atom. The highest BCUT2D eigenvalue weighted by atomic mass is 32.1. The van der Waals surface area contributed by atoms with Crippen LogP contribution in [-0.2, 0) is 4.79 Å². The van der Waals surface area contributed by atoms with Gasteiger partial charge in [-0.05, 0) is 18.2 Å². The van der Waals surface area contributed by atoms with Crippen LogP contribution in [0.4, 0.5) is 0 Å². The maximum absolute atomic E-state index is 10.6. The summed E-state index contributed by atoms with van der Waals surface area (Å²) < 4.78 is 0. The SMILES string of the molecule is O=C(O)C1C=C(S)C=CC1[N+](=O)[O-]. The first kappa shape index (κ1) is 9.79. The average molecular weight is 201 g/mol. The summed E-state index contributed by atoms with van der Waals surface area (Å²) in [6.07, 6.45) is 3.93. The predicted molar refractivity (Wildman–Crippen MR) is 48.1 cm³/mol. The molecule has 1 rings (SSSR count). The molecule has 0 aromatic heterocycles. The minimum atomic E-state index is -1.21. The van der Waals surface area contributed by atoms with Crippen molar-refractivity contribution in [2.45, 2.75) is 6.04 Å². The molecule has 0 heterocycles. The van der Waals surface area contributed by atoms with Crippen LogP contribution >= 0.6 is 12.6 Å². The first-order valence-electron chi connectivity index (χ1n) is 3.47. The van der Waals surface area contributed by atoms with E-state index in [1.54, 1.807) is 0 Å². The molecular weight excluding hydrogens is 194 g/mol. The number of rotatable bonds is 2. The summed E-state index contributed by atoms with van der Waals surface area (Å²) in [5.41, 5.74) is 0. The second kappa shape index (κ2) is 3.61. The van der Waals surface area contributed by atoms with Gasteiger partial charge in [-0.1, -0.05) is 0 Å². The van der Waals surface area contributed by atoms with E-state index in [0.717, 1.165) is 0 Å². The quantitative estimate of drug-likeness (QED) is 0.392. The second-order valence-corrected chi connectivity index (χ2v) is 3.11. The molecule has 70 valence electrons. The fraction of sp³-hybridized carbons (Fsp3) is 0.286. The van der Waals surface area contributed by atoms with Gasteiger partial charge in [-0.2, -0.15) is 0 Å². The molecule has 0 aliphatic heterocycles. The Morgan fingerprint density at radius 1 is 1.69 bits per heavy atom. The number of hydrogen-bond donors (Lipinski definition) is 2. The van der Waals surface area contributed by atoms with E-state index in [9.17, 15) is 14.9 Å². The van der Waals surface area contributed by atoms with Gasteiger partial charge >= 0.3 is 5.97 Å². The lowest BCUT2D eigenvalue weighted by atomic mass is 9.96. The van der Waals surface area contributed by atoms with Crippen molar-refractivity contribution >= 4 is 18.6 Å². The standard InChI is InChI=1S/C7H7NO4S/c9-7(10)5-3-4(13)1-2-6(5)8(11)12/h1-3,5-6,13H,(H,9,10). The molecule has 13 heavy (non-hydrogen) atoms. The number of allylic oxidation sites excluding steroid dienone is 1. The number of carboxylic acid groups (broad SMARTS) is 1. The van der Waals surface area contributed by atoms with Gasteiger partial charge in [0.25, 0.3) is 0 Å². The van der Waals surface area contributed by atoms with Crippen LogP contribution in [0.3, 0.4) is 0 Å². The van der Waals surface area contributed by atoms with Crippen molar-refractivity contribution in [2.24, 2.45) is 5.92 Å². The van der Waals surface area contributed by atoms with E-state index in [1.807, 2.05) is 0 Å². The third-order valence-corrected chi connectivity index (χ3v) is 2.01. The number of thiol groups is 1. The van der Waals surface area contributed by atoms with E-state index < -0.39 is 22.9 Å². The van der Waals surface area contributed by atoms with Crippen molar-refractivity contribution in [3.8, 4) is 0 Å². The number of carbonyl (C=O) groups is 1. The molecule has 1 aliphatic rings.